The van der Waals surface area contributed by atoms with Crippen LogP contribution in [0.3, 0.4) is 0 Å². The van der Waals surface area contributed by atoms with Crippen LogP contribution < -0.4 is 0 Å². The Morgan fingerprint density at radius 1 is 1.19 bits per heavy atom. The van der Waals surface area contributed by atoms with Crippen LogP contribution in [0.1, 0.15) is 66.7 Å². The van der Waals surface area contributed by atoms with E-state index in [1.807, 2.05) is 0 Å². The van der Waals surface area contributed by atoms with E-state index in [-0.39, 0.29) is 0 Å². The van der Waals surface area contributed by atoms with Crippen molar-refractivity contribution in [3.63, 3.8) is 0 Å². The first-order valence-electron chi connectivity index (χ1n) is 9.07. The minimum atomic E-state index is 0.456. The average molecular weight is 307 g/mol. The van der Waals surface area contributed by atoms with Crippen LogP contribution >= 0.6 is 12.2 Å². The van der Waals surface area contributed by atoms with Crippen molar-refractivity contribution in [2.45, 2.75) is 78.1 Å². The number of rotatable bonds is 2. The lowest BCUT2D eigenvalue weighted by Gasteiger charge is -2.53. The number of hydrogen-bond acceptors (Lipinski definition) is 1. The molecule has 0 radical (unpaired) electrons. The van der Waals surface area contributed by atoms with Gasteiger partial charge < -0.3 is 4.90 Å². The minimum Gasteiger partial charge on any atom is -0.363 e. The Labute approximate surface area is 138 Å². The Morgan fingerprint density at radius 2 is 1.86 bits per heavy atom. The van der Waals surface area contributed by atoms with E-state index >= 15 is 0 Å². The van der Waals surface area contributed by atoms with E-state index in [1.165, 1.54) is 43.6 Å². The van der Waals surface area contributed by atoms with E-state index < -0.39 is 0 Å². The Bertz CT molecular complexity index is 381. The Balaban J connectivity index is 2.30. The van der Waals surface area contributed by atoms with Gasteiger partial charge in [0.15, 0.2) is 0 Å². The van der Waals surface area contributed by atoms with Crippen LogP contribution in [0, 0.1) is 23.7 Å². The summed E-state index contributed by atoms with van der Waals surface area (Å²) in [5, 5.41) is 0.456. The molecule has 2 aliphatic rings. The number of nitrogens with zero attached hydrogens (tertiary/aromatic N) is 1. The molecule has 0 aromatic rings. The Kier molecular flexibility index (Phi) is 5.44. The second-order valence-electron chi connectivity index (χ2n) is 8.53. The van der Waals surface area contributed by atoms with Crippen molar-refractivity contribution in [1.29, 1.82) is 0 Å². The van der Waals surface area contributed by atoms with Gasteiger partial charge >= 0.3 is 0 Å². The summed E-state index contributed by atoms with van der Waals surface area (Å²) >= 11 is 5.95. The maximum absolute atomic E-state index is 5.95. The van der Waals surface area contributed by atoms with E-state index in [9.17, 15) is 0 Å². The first-order chi connectivity index (χ1) is 9.77. The zero-order valence-electron chi connectivity index (χ0n) is 15.0. The monoisotopic (exact) mass is 307 g/mol. The van der Waals surface area contributed by atoms with Gasteiger partial charge in [-0.2, -0.15) is 0 Å². The fourth-order valence-corrected chi connectivity index (χ4v) is 5.54. The highest BCUT2D eigenvalue weighted by Gasteiger charge is 2.47. The summed E-state index contributed by atoms with van der Waals surface area (Å²) in [6.07, 6.45) is 6.79. The third kappa shape index (κ3) is 3.33. The number of thiocarbonyl (C=S) groups is 1. The SMILES string of the molecule is BC1(C(C)C)CC(C)CCCC2C(=S)N(C(C)C)CCC21. The molecule has 4 unspecified atom stereocenters. The van der Waals surface area contributed by atoms with Crippen LogP contribution in [-0.4, -0.2) is 30.3 Å². The number of likely N-dealkylation sites (tertiary alicyclic amines) is 1. The molecule has 0 aromatic heterocycles. The molecule has 1 saturated carbocycles. The molecule has 120 valence electrons. The highest BCUT2D eigenvalue weighted by atomic mass is 32.1. The molecule has 2 rings (SSSR count). The van der Waals surface area contributed by atoms with Gasteiger partial charge in [-0.1, -0.05) is 57.6 Å². The molecule has 1 saturated heterocycles. The van der Waals surface area contributed by atoms with E-state index in [0.29, 0.717) is 17.3 Å². The van der Waals surface area contributed by atoms with Gasteiger partial charge in [-0.05, 0) is 44.4 Å². The second-order valence-corrected chi connectivity index (χ2v) is 8.95. The molecule has 0 aromatic carbocycles. The average Bonchev–Trinajstić information content (AvgIpc) is 2.37. The molecule has 0 amide bonds. The molecule has 1 heterocycles. The second kappa shape index (κ2) is 6.60. The van der Waals surface area contributed by atoms with Crippen molar-refractivity contribution in [3.8, 4) is 0 Å². The van der Waals surface area contributed by atoms with E-state index in [1.54, 1.807) is 0 Å². The first-order valence-corrected chi connectivity index (χ1v) is 9.48. The fraction of sp³-hybridized carbons (Fsp3) is 0.944. The normalized spacial score (nSPS) is 38.3. The smallest absolute Gasteiger partial charge is 0.110 e. The number of piperidine rings is 1. The number of hydrogen-bond donors (Lipinski definition) is 0. The molecule has 0 spiro atoms. The number of fused-ring (bicyclic) bond motifs is 1. The minimum absolute atomic E-state index is 0.456. The van der Waals surface area contributed by atoms with Crippen LogP contribution in [0.4, 0.5) is 0 Å². The van der Waals surface area contributed by atoms with E-state index in [4.69, 9.17) is 12.2 Å². The van der Waals surface area contributed by atoms with Gasteiger partial charge in [0, 0.05) is 18.5 Å². The van der Waals surface area contributed by atoms with Gasteiger partial charge in [0.1, 0.15) is 7.85 Å². The summed E-state index contributed by atoms with van der Waals surface area (Å²) in [5.41, 5.74) is 0. The van der Waals surface area contributed by atoms with Gasteiger partial charge in [-0.25, -0.2) is 0 Å². The third-order valence-corrected chi connectivity index (χ3v) is 7.09. The molecule has 21 heavy (non-hydrogen) atoms. The van der Waals surface area contributed by atoms with Gasteiger partial charge in [0.2, 0.25) is 0 Å². The Hall–Kier alpha value is -0.0451. The van der Waals surface area contributed by atoms with E-state index in [0.717, 1.165) is 17.8 Å². The summed E-state index contributed by atoms with van der Waals surface area (Å²) in [5.74, 6) is 3.06. The van der Waals surface area contributed by atoms with Crippen molar-refractivity contribution < 1.29 is 0 Å². The van der Waals surface area contributed by atoms with Crippen LogP contribution in [0.2, 0.25) is 5.31 Å². The molecule has 1 aliphatic carbocycles. The van der Waals surface area contributed by atoms with E-state index in [2.05, 4.69) is 47.4 Å². The highest BCUT2D eigenvalue weighted by Crippen LogP contribution is 2.55. The maximum atomic E-state index is 5.95. The summed E-state index contributed by atoms with van der Waals surface area (Å²) in [7, 11) is 2.56. The molecular weight excluding hydrogens is 273 g/mol. The molecule has 3 heteroatoms. The third-order valence-electron chi connectivity index (χ3n) is 6.56. The zero-order chi connectivity index (χ0) is 15.8. The van der Waals surface area contributed by atoms with Gasteiger partial charge in [0.25, 0.3) is 0 Å². The predicted octanol–water partition coefficient (Wildman–Crippen LogP) is 4.32. The van der Waals surface area contributed by atoms with Crippen molar-refractivity contribution in [3.05, 3.63) is 0 Å². The van der Waals surface area contributed by atoms with Gasteiger partial charge in [0.05, 0.1) is 4.99 Å². The van der Waals surface area contributed by atoms with Gasteiger partial charge in [-0.15, -0.1) is 0 Å². The van der Waals surface area contributed by atoms with Crippen LogP contribution in [0.25, 0.3) is 0 Å². The van der Waals surface area contributed by atoms with Crippen LogP contribution in [-0.2, 0) is 0 Å². The van der Waals surface area contributed by atoms with Crippen LogP contribution in [0.5, 0.6) is 0 Å². The Morgan fingerprint density at radius 3 is 2.43 bits per heavy atom. The van der Waals surface area contributed by atoms with Crippen molar-refractivity contribution in [2.24, 2.45) is 23.7 Å². The fourth-order valence-electron chi connectivity index (χ4n) is 4.96. The summed E-state index contributed by atoms with van der Waals surface area (Å²) in [6, 6.07) is 0.563. The van der Waals surface area contributed by atoms with Gasteiger partial charge in [-0.3, -0.25) is 0 Å². The van der Waals surface area contributed by atoms with Crippen molar-refractivity contribution in [2.75, 3.05) is 6.54 Å². The molecule has 1 nitrogen and oxygen atoms in total. The highest BCUT2D eigenvalue weighted by molar-refractivity contribution is 7.80. The van der Waals surface area contributed by atoms with Crippen LogP contribution in [0.15, 0.2) is 0 Å². The topological polar surface area (TPSA) is 3.24 Å². The molecule has 0 bridgehead atoms. The lowest BCUT2D eigenvalue weighted by Crippen LogP contribution is -2.52. The zero-order valence-corrected chi connectivity index (χ0v) is 15.8. The summed E-state index contributed by atoms with van der Waals surface area (Å²) < 4.78 is 0. The predicted molar refractivity (Wildman–Crippen MR) is 99.7 cm³/mol. The summed E-state index contributed by atoms with van der Waals surface area (Å²) in [4.78, 5) is 3.78. The quantitative estimate of drug-likeness (QED) is 0.552. The molecular formula is C18H34BNS. The largest absolute Gasteiger partial charge is 0.363 e. The lowest BCUT2D eigenvalue weighted by molar-refractivity contribution is 0.117. The standard InChI is InChI=1S/C18H34BNS/c1-12(2)18(19)11-14(5)7-6-8-15-16(18)9-10-20(13(3)4)17(15)21/h12-16H,6-11,19H2,1-5H3. The maximum Gasteiger partial charge on any atom is 0.110 e. The summed E-state index contributed by atoms with van der Waals surface area (Å²) in [6.45, 7) is 13.1. The first kappa shape index (κ1) is 17.3. The molecule has 0 N–H and O–H groups in total. The van der Waals surface area contributed by atoms with Crippen molar-refractivity contribution >= 4 is 25.1 Å². The molecule has 4 atom stereocenters. The molecule has 2 fully saturated rings. The van der Waals surface area contributed by atoms with Crippen molar-refractivity contribution in [1.82, 2.24) is 4.90 Å². The lowest BCUT2D eigenvalue weighted by atomic mass is 9.46. The molecule has 1 aliphatic heterocycles.